The van der Waals surface area contributed by atoms with Gasteiger partial charge in [-0.25, -0.2) is 4.39 Å². The van der Waals surface area contributed by atoms with Crippen molar-refractivity contribution in [2.75, 3.05) is 6.67 Å². The smallest absolute Gasteiger partial charge is 0.321 e. The van der Waals surface area contributed by atoms with Crippen molar-refractivity contribution in [3.8, 4) is 0 Å². The van der Waals surface area contributed by atoms with Crippen molar-refractivity contribution < 1.29 is 19.1 Å². The van der Waals surface area contributed by atoms with Crippen LogP contribution < -0.4 is 5.73 Å². The topological polar surface area (TPSA) is 80.4 Å². The first-order valence-corrected chi connectivity index (χ1v) is 3.07. The minimum atomic E-state index is -1.31. The molecule has 0 fully saturated rings. The molecule has 0 radical (unpaired) electrons. The molecule has 3 N–H and O–H groups in total. The predicted octanol–water partition coefficient (Wildman–Crippen LogP) is -0.427. The van der Waals surface area contributed by atoms with E-state index >= 15 is 0 Å². The molecule has 0 heterocycles. The number of carbonyl (C=O) groups is 2. The lowest BCUT2D eigenvalue weighted by Crippen LogP contribution is -2.40. The van der Waals surface area contributed by atoms with Gasteiger partial charge in [-0.05, 0) is 0 Å². The number of carboxylic acid groups (broad SMARTS) is 1. The first-order chi connectivity index (χ1) is 5.00. The van der Waals surface area contributed by atoms with Crippen LogP contribution in [0.2, 0.25) is 0 Å². The zero-order valence-corrected chi connectivity index (χ0v) is 6.08. The van der Waals surface area contributed by atoms with Gasteiger partial charge in [0.25, 0.3) is 0 Å². The van der Waals surface area contributed by atoms with Gasteiger partial charge in [0, 0.05) is 5.92 Å². The zero-order chi connectivity index (χ0) is 9.02. The van der Waals surface area contributed by atoms with Crippen molar-refractivity contribution in [2.24, 2.45) is 11.7 Å². The van der Waals surface area contributed by atoms with Gasteiger partial charge in [-0.15, -0.1) is 0 Å². The van der Waals surface area contributed by atoms with Crippen molar-refractivity contribution in [3.63, 3.8) is 0 Å². The van der Waals surface area contributed by atoms with Gasteiger partial charge in [-0.2, -0.15) is 0 Å². The minimum Gasteiger partial charge on any atom is -0.480 e. The monoisotopic (exact) mass is 163 g/mol. The molecule has 0 spiro atoms. The first kappa shape index (κ1) is 10.0. The van der Waals surface area contributed by atoms with E-state index in [-0.39, 0.29) is 0 Å². The van der Waals surface area contributed by atoms with Gasteiger partial charge in [0.15, 0.2) is 5.78 Å². The highest BCUT2D eigenvalue weighted by Crippen LogP contribution is 2.02. The van der Waals surface area contributed by atoms with Gasteiger partial charge in [0.2, 0.25) is 0 Å². The number of alkyl halides is 1. The SMILES string of the molecule is C[C@@H](C(=O)CF)[C@H](N)C(=O)O. The highest BCUT2D eigenvalue weighted by Gasteiger charge is 2.25. The van der Waals surface area contributed by atoms with Gasteiger partial charge in [-0.3, -0.25) is 9.59 Å². The van der Waals surface area contributed by atoms with Gasteiger partial charge in [0.05, 0.1) is 0 Å². The normalized spacial score (nSPS) is 15.5. The Morgan fingerprint density at radius 3 is 2.36 bits per heavy atom. The van der Waals surface area contributed by atoms with E-state index < -0.39 is 30.4 Å². The molecule has 0 aromatic rings. The third-order valence-electron chi connectivity index (χ3n) is 1.46. The van der Waals surface area contributed by atoms with Crippen LogP contribution >= 0.6 is 0 Å². The third-order valence-corrected chi connectivity index (χ3v) is 1.46. The lowest BCUT2D eigenvalue weighted by molar-refractivity contribution is -0.142. The Balaban J connectivity index is 4.12. The molecule has 0 bridgehead atoms. The van der Waals surface area contributed by atoms with E-state index in [1.165, 1.54) is 6.92 Å². The second-order valence-electron chi connectivity index (χ2n) is 2.25. The van der Waals surface area contributed by atoms with Crippen molar-refractivity contribution in [1.29, 1.82) is 0 Å². The van der Waals surface area contributed by atoms with Crippen LogP contribution in [0.25, 0.3) is 0 Å². The number of rotatable bonds is 4. The number of halogens is 1. The molecule has 0 amide bonds. The molecule has 0 aliphatic heterocycles. The number of carbonyl (C=O) groups excluding carboxylic acids is 1. The van der Waals surface area contributed by atoms with Crippen LogP contribution in [0.4, 0.5) is 4.39 Å². The number of aliphatic carboxylic acids is 1. The van der Waals surface area contributed by atoms with E-state index in [1.54, 1.807) is 0 Å². The summed E-state index contributed by atoms with van der Waals surface area (Å²) in [6, 6.07) is -1.31. The average molecular weight is 163 g/mol. The van der Waals surface area contributed by atoms with Crippen LogP contribution in [0.15, 0.2) is 0 Å². The lowest BCUT2D eigenvalue weighted by Gasteiger charge is -2.11. The lowest BCUT2D eigenvalue weighted by atomic mass is 9.99. The van der Waals surface area contributed by atoms with E-state index in [0.717, 1.165) is 0 Å². The third kappa shape index (κ3) is 2.63. The maximum atomic E-state index is 11.7. The quantitative estimate of drug-likeness (QED) is 0.589. The fraction of sp³-hybridized carbons (Fsp3) is 0.667. The van der Waals surface area contributed by atoms with Crippen molar-refractivity contribution in [1.82, 2.24) is 0 Å². The number of ketones is 1. The summed E-state index contributed by atoms with van der Waals surface area (Å²) in [6.07, 6.45) is 0. The Bertz CT molecular complexity index is 171. The summed E-state index contributed by atoms with van der Waals surface area (Å²) in [5, 5.41) is 8.30. The fourth-order valence-electron chi connectivity index (χ4n) is 0.536. The standard InChI is InChI=1S/C6H10FNO3/c1-3(4(9)2-7)5(8)6(10)11/h3,5H,2,8H2,1H3,(H,10,11)/t3-,5-/m0/s1. The molecule has 0 saturated carbocycles. The molecule has 11 heavy (non-hydrogen) atoms. The zero-order valence-electron chi connectivity index (χ0n) is 6.08. The number of Topliss-reactive ketones (excluding diaryl/α,β-unsaturated/α-hetero) is 1. The molecule has 0 aromatic heterocycles. The van der Waals surface area contributed by atoms with Crippen molar-refractivity contribution in [3.05, 3.63) is 0 Å². The van der Waals surface area contributed by atoms with Crippen LogP contribution in [0, 0.1) is 5.92 Å². The molecule has 2 atom stereocenters. The molecule has 4 nitrogen and oxygen atoms in total. The Morgan fingerprint density at radius 1 is 1.64 bits per heavy atom. The molecule has 0 aliphatic rings. The van der Waals surface area contributed by atoms with Crippen LogP contribution in [-0.4, -0.2) is 29.6 Å². The Kier molecular flexibility index (Phi) is 3.67. The molecule has 64 valence electrons. The highest BCUT2D eigenvalue weighted by atomic mass is 19.1. The van der Waals surface area contributed by atoms with E-state index in [4.69, 9.17) is 10.8 Å². The van der Waals surface area contributed by atoms with Crippen LogP contribution in [0.3, 0.4) is 0 Å². The summed E-state index contributed by atoms with van der Waals surface area (Å²) < 4.78 is 11.7. The second kappa shape index (κ2) is 4.02. The number of hydrogen-bond acceptors (Lipinski definition) is 3. The van der Waals surface area contributed by atoms with Gasteiger partial charge in [0.1, 0.15) is 12.7 Å². The Hall–Kier alpha value is -0.970. The Morgan fingerprint density at radius 2 is 2.09 bits per heavy atom. The largest absolute Gasteiger partial charge is 0.480 e. The minimum absolute atomic E-state index is 0.778. The van der Waals surface area contributed by atoms with Crippen LogP contribution in [-0.2, 0) is 9.59 Å². The molecule has 0 unspecified atom stereocenters. The molecule has 0 rings (SSSR count). The number of hydrogen-bond donors (Lipinski definition) is 2. The van der Waals surface area contributed by atoms with E-state index in [2.05, 4.69) is 0 Å². The second-order valence-corrected chi connectivity index (χ2v) is 2.25. The van der Waals surface area contributed by atoms with Crippen molar-refractivity contribution in [2.45, 2.75) is 13.0 Å². The van der Waals surface area contributed by atoms with Gasteiger partial charge >= 0.3 is 5.97 Å². The number of carboxylic acids is 1. The van der Waals surface area contributed by atoms with Gasteiger partial charge in [-0.1, -0.05) is 6.92 Å². The molecule has 0 aliphatic carbocycles. The maximum Gasteiger partial charge on any atom is 0.321 e. The molecular formula is C6H10FNO3. The summed E-state index contributed by atoms with van der Waals surface area (Å²) in [4.78, 5) is 20.7. The van der Waals surface area contributed by atoms with E-state index in [0.29, 0.717) is 0 Å². The number of nitrogens with two attached hydrogens (primary N) is 1. The summed E-state index contributed by atoms with van der Waals surface area (Å²) in [6.45, 7) is 0.128. The van der Waals surface area contributed by atoms with Crippen molar-refractivity contribution >= 4 is 11.8 Å². The highest BCUT2D eigenvalue weighted by molar-refractivity contribution is 5.88. The fourth-order valence-corrected chi connectivity index (χ4v) is 0.536. The summed E-state index contributed by atoms with van der Waals surface area (Å²) >= 11 is 0. The summed E-state index contributed by atoms with van der Waals surface area (Å²) in [7, 11) is 0. The predicted molar refractivity (Wildman–Crippen MR) is 35.8 cm³/mol. The molecule has 0 aromatic carbocycles. The van der Waals surface area contributed by atoms with Crippen LogP contribution in [0.5, 0.6) is 0 Å². The maximum absolute atomic E-state index is 11.7. The summed E-state index contributed by atoms with van der Waals surface area (Å²) in [5.74, 6) is -3.03. The molecular weight excluding hydrogens is 153 g/mol. The molecule has 5 heteroatoms. The first-order valence-electron chi connectivity index (χ1n) is 3.07. The van der Waals surface area contributed by atoms with Gasteiger partial charge < -0.3 is 10.8 Å². The molecule has 0 saturated heterocycles. The summed E-state index contributed by atoms with van der Waals surface area (Å²) in [5.41, 5.74) is 5.05. The Labute approximate surface area is 63.2 Å². The average Bonchev–Trinajstić information content (AvgIpc) is 2.00. The van der Waals surface area contributed by atoms with Crippen LogP contribution in [0.1, 0.15) is 6.92 Å². The van der Waals surface area contributed by atoms with E-state index in [9.17, 15) is 14.0 Å². The van der Waals surface area contributed by atoms with E-state index in [1.807, 2.05) is 0 Å².